The summed E-state index contributed by atoms with van der Waals surface area (Å²) in [6.45, 7) is 3.60. The molecule has 2 aromatic carbocycles. The van der Waals surface area contributed by atoms with Crippen LogP contribution in [-0.2, 0) is 23.1 Å². The van der Waals surface area contributed by atoms with Gasteiger partial charge in [-0.3, -0.25) is 0 Å². The number of hydrogen-bond acceptors (Lipinski definition) is 3. The van der Waals surface area contributed by atoms with Crippen molar-refractivity contribution in [2.24, 2.45) is 4.99 Å². The lowest BCUT2D eigenvalue weighted by atomic mass is 10.2. The Morgan fingerprint density at radius 3 is 2.15 bits per heavy atom. The molecule has 27 heavy (non-hydrogen) atoms. The lowest BCUT2D eigenvalue weighted by Crippen LogP contribution is -2.36. The first-order chi connectivity index (χ1) is 12.8. The van der Waals surface area contributed by atoms with E-state index in [0.29, 0.717) is 25.6 Å². The fourth-order valence-electron chi connectivity index (χ4n) is 2.28. The summed E-state index contributed by atoms with van der Waals surface area (Å²) in [6.07, 6.45) is 0. The average Bonchev–Trinajstić information content (AvgIpc) is 2.65. The molecule has 0 aliphatic carbocycles. The quantitative estimate of drug-likeness (QED) is 0.560. The van der Waals surface area contributed by atoms with E-state index in [9.17, 15) is 12.8 Å². The Labute approximate surface area is 160 Å². The maximum Gasteiger partial charge on any atom is 0.242 e. The van der Waals surface area contributed by atoms with Gasteiger partial charge in [0.25, 0.3) is 0 Å². The predicted molar refractivity (Wildman–Crippen MR) is 105 cm³/mol. The van der Waals surface area contributed by atoms with Gasteiger partial charge in [0.15, 0.2) is 5.96 Å². The molecule has 0 saturated carbocycles. The molecule has 0 spiro atoms. The minimum Gasteiger partial charge on any atom is -0.357 e. The van der Waals surface area contributed by atoms with Crippen LogP contribution in [0.3, 0.4) is 0 Å². The van der Waals surface area contributed by atoms with E-state index in [1.807, 2.05) is 6.92 Å². The van der Waals surface area contributed by atoms with Crippen LogP contribution in [-0.4, -0.2) is 39.3 Å². The lowest BCUT2D eigenvalue weighted by molar-refractivity contribution is 0.520. The minimum atomic E-state index is -3.43. The molecule has 0 amide bonds. The molecular formula is C19H25FN4O2S. The molecular weight excluding hydrogens is 367 g/mol. The maximum absolute atomic E-state index is 13.0. The van der Waals surface area contributed by atoms with Gasteiger partial charge < -0.3 is 10.6 Å². The van der Waals surface area contributed by atoms with Crippen LogP contribution in [0.2, 0.25) is 0 Å². The van der Waals surface area contributed by atoms with E-state index in [1.165, 1.54) is 30.5 Å². The Kier molecular flexibility index (Phi) is 7.32. The third-order valence-corrected chi connectivity index (χ3v) is 5.67. The van der Waals surface area contributed by atoms with Gasteiger partial charge in [-0.1, -0.05) is 24.3 Å². The predicted octanol–water partition coefficient (Wildman–Crippen LogP) is 2.33. The molecule has 0 heterocycles. The molecule has 8 heteroatoms. The van der Waals surface area contributed by atoms with Gasteiger partial charge in [0.1, 0.15) is 5.82 Å². The summed E-state index contributed by atoms with van der Waals surface area (Å²) >= 11 is 0. The molecule has 0 unspecified atom stereocenters. The first-order valence-electron chi connectivity index (χ1n) is 8.61. The van der Waals surface area contributed by atoms with Crippen LogP contribution in [0.4, 0.5) is 4.39 Å². The third-order valence-electron chi connectivity index (χ3n) is 3.84. The Hall–Kier alpha value is -2.45. The van der Waals surface area contributed by atoms with Gasteiger partial charge in [0.2, 0.25) is 10.0 Å². The molecule has 146 valence electrons. The van der Waals surface area contributed by atoms with E-state index in [0.717, 1.165) is 11.1 Å². The van der Waals surface area contributed by atoms with Gasteiger partial charge in [-0.2, -0.15) is 0 Å². The second-order valence-electron chi connectivity index (χ2n) is 6.11. The van der Waals surface area contributed by atoms with Gasteiger partial charge in [0.05, 0.1) is 11.4 Å². The monoisotopic (exact) mass is 392 g/mol. The average molecular weight is 393 g/mol. The molecule has 6 nitrogen and oxygen atoms in total. The number of nitrogens with one attached hydrogen (secondary N) is 2. The molecule has 2 N–H and O–H groups in total. The second-order valence-corrected chi connectivity index (χ2v) is 8.26. The summed E-state index contributed by atoms with van der Waals surface area (Å²) in [5.74, 6) is 0.367. The van der Waals surface area contributed by atoms with Gasteiger partial charge in [-0.05, 0) is 42.3 Å². The number of aliphatic imine (C=N–C) groups is 1. The van der Waals surface area contributed by atoms with Crippen molar-refractivity contribution in [2.45, 2.75) is 24.9 Å². The van der Waals surface area contributed by atoms with Crippen molar-refractivity contribution < 1.29 is 12.8 Å². The van der Waals surface area contributed by atoms with Crippen molar-refractivity contribution in [1.82, 2.24) is 14.9 Å². The van der Waals surface area contributed by atoms with Crippen LogP contribution in [0.15, 0.2) is 58.4 Å². The highest BCUT2D eigenvalue weighted by atomic mass is 32.2. The Bertz CT molecular complexity index is 864. The number of sulfonamides is 1. The van der Waals surface area contributed by atoms with E-state index in [2.05, 4.69) is 15.6 Å². The lowest BCUT2D eigenvalue weighted by Gasteiger charge is -2.12. The standard InChI is InChI=1S/C19H25FN4O2S/c1-4-21-19(22-13-15-5-9-17(20)10-6-15)23-14-16-7-11-18(12-8-16)27(25,26)24(2)3/h5-12H,4,13-14H2,1-3H3,(H2,21,22,23). The summed E-state index contributed by atoms with van der Waals surface area (Å²) < 4.78 is 38.3. The number of benzene rings is 2. The molecule has 0 bridgehead atoms. The minimum absolute atomic E-state index is 0.251. The van der Waals surface area contributed by atoms with Crippen LogP contribution >= 0.6 is 0 Å². The number of nitrogens with zero attached hydrogens (tertiary/aromatic N) is 2. The zero-order chi connectivity index (χ0) is 19.9. The number of halogens is 1. The van der Waals surface area contributed by atoms with Crippen LogP contribution in [0.1, 0.15) is 18.1 Å². The largest absolute Gasteiger partial charge is 0.357 e. The normalized spacial score (nSPS) is 12.3. The molecule has 0 saturated heterocycles. The van der Waals surface area contributed by atoms with Gasteiger partial charge in [0, 0.05) is 27.2 Å². The number of guanidine groups is 1. The first-order valence-corrected chi connectivity index (χ1v) is 10.0. The van der Waals surface area contributed by atoms with E-state index < -0.39 is 10.0 Å². The number of rotatable bonds is 7. The van der Waals surface area contributed by atoms with Gasteiger partial charge in [-0.25, -0.2) is 22.1 Å². The third kappa shape index (κ3) is 6.04. The summed E-state index contributed by atoms with van der Waals surface area (Å²) in [5, 5.41) is 6.34. The smallest absolute Gasteiger partial charge is 0.242 e. The molecule has 2 aromatic rings. The van der Waals surface area contributed by atoms with Crippen molar-refractivity contribution in [3.05, 3.63) is 65.5 Å². The maximum atomic E-state index is 13.0. The molecule has 0 aliphatic heterocycles. The highest BCUT2D eigenvalue weighted by Crippen LogP contribution is 2.14. The molecule has 0 radical (unpaired) electrons. The highest BCUT2D eigenvalue weighted by molar-refractivity contribution is 7.89. The molecule has 2 rings (SSSR count). The van der Waals surface area contributed by atoms with E-state index in [1.54, 1.807) is 36.4 Å². The highest BCUT2D eigenvalue weighted by Gasteiger charge is 2.16. The Morgan fingerprint density at radius 2 is 1.59 bits per heavy atom. The van der Waals surface area contributed by atoms with Crippen molar-refractivity contribution in [3.63, 3.8) is 0 Å². The topological polar surface area (TPSA) is 73.8 Å². The molecule has 0 aromatic heterocycles. The summed E-state index contributed by atoms with van der Waals surface area (Å²) in [5.41, 5.74) is 1.84. The van der Waals surface area contributed by atoms with Crippen molar-refractivity contribution in [2.75, 3.05) is 20.6 Å². The fourth-order valence-corrected chi connectivity index (χ4v) is 3.18. The number of hydrogen-bond donors (Lipinski definition) is 2. The Balaban J connectivity index is 2.02. The Morgan fingerprint density at radius 1 is 1.00 bits per heavy atom. The van der Waals surface area contributed by atoms with Crippen molar-refractivity contribution in [3.8, 4) is 0 Å². The summed E-state index contributed by atoms with van der Waals surface area (Å²) in [4.78, 5) is 4.76. The zero-order valence-electron chi connectivity index (χ0n) is 15.7. The van der Waals surface area contributed by atoms with Crippen LogP contribution in [0.5, 0.6) is 0 Å². The van der Waals surface area contributed by atoms with Crippen LogP contribution < -0.4 is 10.6 Å². The molecule has 0 aliphatic rings. The van der Waals surface area contributed by atoms with Crippen LogP contribution in [0, 0.1) is 5.82 Å². The summed E-state index contributed by atoms with van der Waals surface area (Å²) in [7, 11) is -0.424. The van der Waals surface area contributed by atoms with Crippen molar-refractivity contribution in [1.29, 1.82) is 0 Å². The van der Waals surface area contributed by atoms with Gasteiger partial charge >= 0.3 is 0 Å². The first kappa shape index (κ1) is 20.9. The SMILES string of the molecule is CCNC(=NCc1ccc(S(=O)(=O)N(C)C)cc1)NCc1ccc(F)cc1. The van der Waals surface area contributed by atoms with Crippen LogP contribution in [0.25, 0.3) is 0 Å². The van der Waals surface area contributed by atoms with E-state index in [4.69, 9.17) is 0 Å². The second kappa shape index (κ2) is 9.48. The van der Waals surface area contributed by atoms with E-state index >= 15 is 0 Å². The fraction of sp³-hybridized carbons (Fsp3) is 0.316. The zero-order valence-corrected chi connectivity index (χ0v) is 16.6. The summed E-state index contributed by atoms with van der Waals surface area (Å²) in [6, 6.07) is 12.9. The van der Waals surface area contributed by atoms with Gasteiger partial charge in [-0.15, -0.1) is 0 Å². The van der Waals surface area contributed by atoms with E-state index in [-0.39, 0.29) is 10.7 Å². The van der Waals surface area contributed by atoms with Crippen molar-refractivity contribution >= 4 is 16.0 Å². The molecule has 0 atom stereocenters. The molecule has 0 fully saturated rings.